The third-order valence-electron chi connectivity index (χ3n) is 2.09. The van der Waals surface area contributed by atoms with Gasteiger partial charge in [0.2, 0.25) is 0 Å². The molecule has 1 aromatic rings. The van der Waals surface area contributed by atoms with E-state index in [1.54, 1.807) is 11.0 Å². The van der Waals surface area contributed by atoms with Crippen molar-refractivity contribution < 1.29 is 9.18 Å². The van der Waals surface area contributed by atoms with Crippen molar-refractivity contribution in [3.8, 4) is 0 Å². The number of nitrogens with zero attached hydrogens (tertiary/aromatic N) is 1. The second-order valence-electron chi connectivity index (χ2n) is 3.08. The van der Waals surface area contributed by atoms with Crippen LogP contribution in [0.1, 0.15) is 17.3 Å². The van der Waals surface area contributed by atoms with Crippen molar-refractivity contribution in [2.45, 2.75) is 6.92 Å². The quantitative estimate of drug-likeness (QED) is 0.727. The Morgan fingerprint density at radius 1 is 1.53 bits per heavy atom. The summed E-state index contributed by atoms with van der Waals surface area (Å²) in [6.45, 7) is 2.92. The molecule has 2 nitrogen and oxygen atoms in total. The van der Waals surface area contributed by atoms with Crippen LogP contribution >= 0.6 is 11.6 Å². The standard InChI is InChI=1S/C11H13ClFNO/c1-2-14(7-6-12)11(15)9-4-3-5-10(13)8-9/h3-5,8H,2,6-7H2,1H3. The zero-order chi connectivity index (χ0) is 11.3. The number of halogens is 2. The molecule has 0 unspecified atom stereocenters. The third-order valence-corrected chi connectivity index (χ3v) is 2.26. The molecule has 1 rings (SSSR count). The number of carbonyl (C=O) groups is 1. The van der Waals surface area contributed by atoms with Crippen molar-refractivity contribution in [3.63, 3.8) is 0 Å². The Balaban J connectivity index is 2.82. The van der Waals surface area contributed by atoms with E-state index in [-0.39, 0.29) is 5.91 Å². The van der Waals surface area contributed by atoms with Crippen molar-refractivity contribution in [1.29, 1.82) is 0 Å². The minimum atomic E-state index is -0.400. The maximum absolute atomic E-state index is 12.9. The van der Waals surface area contributed by atoms with Crippen LogP contribution in [0.25, 0.3) is 0 Å². The average molecular weight is 230 g/mol. The molecule has 1 aromatic carbocycles. The zero-order valence-electron chi connectivity index (χ0n) is 8.54. The Hall–Kier alpha value is -1.09. The molecule has 82 valence electrons. The van der Waals surface area contributed by atoms with Gasteiger partial charge in [-0.05, 0) is 25.1 Å². The van der Waals surface area contributed by atoms with Gasteiger partial charge in [0.05, 0.1) is 0 Å². The third kappa shape index (κ3) is 3.20. The van der Waals surface area contributed by atoms with Crippen LogP contribution in [0.15, 0.2) is 24.3 Å². The molecule has 1 amide bonds. The lowest BCUT2D eigenvalue weighted by Gasteiger charge is -2.19. The first-order valence-corrected chi connectivity index (χ1v) is 5.33. The van der Waals surface area contributed by atoms with E-state index in [4.69, 9.17) is 11.6 Å². The van der Waals surface area contributed by atoms with Crippen LogP contribution in [0.5, 0.6) is 0 Å². The summed E-state index contributed by atoms with van der Waals surface area (Å²) in [5.74, 6) is -0.199. The molecule has 0 aromatic heterocycles. The topological polar surface area (TPSA) is 20.3 Å². The highest BCUT2D eigenvalue weighted by Gasteiger charge is 2.13. The fourth-order valence-electron chi connectivity index (χ4n) is 1.31. The molecule has 0 heterocycles. The summed E-state index contributed by atoms with van der Waals surface area (Å²) < 4.78 is 12.9. The van der Waals surface area contributed by atoms with E-state index in [0.29, 0.717) is 24.5 Å². The fourth-order valence-corrected chi connectivity index (χ4v) is 1.51. The maximum Gasteiger partial charge on any atom is 0.253 e. The largest absolute Gasteiger partial charge is 0.338 e. The first-order valence-electron chi connectivity index (χ1n) is 4.79. The molecule has 4 heteroatoms. The molecule has 0 aliphatic carbocycles. The molecule has 0 atom stereocenters. The first-order chi connectivity index (χ1) is 7.19. The Labute approximate surface area is 93.6 Å². The molecule has 0 N–H and O–H groups in total. The van der Waals surface area contributed by atoms with Crippen molar-refractivity contribution in [2.24, 2.45) is 0 Å². The summed E-state index contributed by atoms with van der Waals surface area (Å²) in [5.41, 5.74) is 0.363. The number of benzene rings is 1. The number of hydrogen-bond donors (Lipinski definition) is 0. The monoisotopic (exact) mass is 229 g/mol. The van der Waals surface area contributed by atoms with E-state index < -0.39 is 5.82 Å². The lowest BCUT2D eigenvalue weighted by Crippen LogP contribution is -2.32. The summed E-state index contributed by atoms with van der Waals surface area (Å²) in [7, 11) is 0. The van der Waals surface area contributed by atoms with Crippen molar-refractivity contribution >= 4 is 17.5 Å². The van der Waals surface area contributed by atoms with Crippen LogP contribution in [0.4, 0.5) is 4.39 Å². The van der Waals surface area contributed by atoms with E-state index in [2.05, 4.69) is 0 Å². The molecule has 0 radical (unpaired) electrons. The highest BCUT2D eigenvalue weighted by atomic mass is 35.5. The molecule has 0 saturated heterocycles. The molecule has 0 saturated carbocycles. The maximum atomic E-state index is 12.9. The highest BCUT2D eigenvalue weighted by molar-refractivity contribution is 6.18. The molecular formula is C11H13ClFNO. The number of rotatable bonds is 4. The second-order valence-corrected chi connectivity index (χ2v) is 3.46. The predicted molar refractivity (Wildman–Crippen MR) is 58.7 cm³/mol. The normalized spacial score (nSPS) is 10.1. The Kier molecular flexibility index (Phi) is 4.56. The average Bonchev–Trinajstić information content (AvgIpc) is 2.25. The second kappa shape index (κ2) is 5.71. The van der Waals surface area contributed by atoms with Gasteiger partial charge in [0, 0.05) is 24.5 Å². The predicted octanol–water partition coefficient (Wildman–Crippen LogP) is 2.53. The lowest BCUT2D eigenvalue weighted by atomic mass is 10.2. The minimum Gasteiger partial charge on any atom is -0.338 e. The minimum absolute atomic E-state index is 0.183. The van der Waals surface area contributed by atoms with Gasteiger partial charge >= 0.3 is 0 Å². The van der Waals surface area contributed by atoms with Crippen LogP contribution in [0, 0.1) is 5.82 Å². The van der Waals surface area contributed by atoms with Crippen LogP contribution in [0.3, 0.4) is 0 Å². The SMILES string of the molecule is CCN(CCCl)C(=O)c1cccc(F)c1. The van der Waals surface area contributed by atoms with Gasteiger partial charge in [0.25, 0.3) is 5.91 Å². The van der Waals surface area contributed by atoms with E-state index in [9.17, 15) is 9.18 Å². The summed E-state index contributed by atoms with van der Waals surface area (Å²) in [4.78, 5) is 13.4. The van der Waals surface area contributed by atoms with E-state index in [1.807, 2.05) is 6.92 Å². The summed E-state index contributed by atoms with van der Waals surface area (Å²) in [5, 5.41) is 0. The van der Waals surface area contributed by atoms with Crippen molar-refractivity contribution in [1.82, 2.24) is 4.90 Å². The van der Waals surface area contributed by atoms with Crippen LogP contribution in [-0.4, -0.2) is 29.8 Å². The van der Waals surface area contributed by atoms with Gasteiger partial charge in [-0.3, -0.25) is 4.79 Å². The number of carbonyl (C=O) groups excluding carboxylic acids is 1. The molecular weight excluding hydrogens is 217 g/mol. The van der Waals surface area contributed by atoms with Crippen LogP contribution in [-0.2, 0) is 0 Å². The van der Waals surface area contributed by atoms with E-state index >= 15 is 0 Å². The number of hydrogen-bond acceptors (Lipinski definition) is 1. The smallest absolute Gasteiger partial charge is 0.253 e. The highest BCUT2D eigenvalue weighted by Crippen LogP contribution is 2.07. The summed E-state index contributed by atoms with van der Waals surface area (Å²) in [6, 6.07) is 5.67. The van der Waals surface area contributed by atoms with Crippen LogP contribution in [0.2, 0.25) is 0 Å². The van der Waals surface area contributed by atoms with Gasteiger partial charge in [-0.15, -0.1) is 11.6 Å². The van der Waals surface area contributed by atoms with Crippen molar-refractivity contribution in [3.05, 3.63) is 35.6 Å². The first kappa shape index (κ1) is 12.0. The molecule has 15 heavy (non-hydrogen) atoms. The van der Waals surface area contributed by atoms with Gasteiger partial charge in [-0.1, -0.05) is 6.07 Å². The summed E-state index contributed by atoms with van der Waals surface area (Å²) >= 11 is 5.57. The van der Waals surface area contributed by atoms with Gasteiger partial charge in [-0.25, -0.2) is 4.39 Å². The van der Waals surface area contributed by atoms with Crippen LogP contribution < -0.4 is 0 Å². The molecule has 0 fully saturated rings. The summed E-state index contributed by atoms with van der Waals surface area (Å²) in [6.07, 6.45) is 0. The molecule has 0 aliphatic heterocycles. The molecule has 0 aliphatic rings. The Bertz CT molecular complexity index is 343. The van der Waals surface area contributed by atoms with E-state index in [1.165, 1.54) is 18.2 Å². The number of amides is 1. The zero-order valence-corrected chi connectivity index (χ0v) is 9.30. The van der Waals surface area contributed by atoms with Gasteiger partial charge in [-0.2, -0.15) is 0 Å². The molecule has 0 bridgehead atoms. The van der Waals surface area contributed by atoms with Gasteiger partial charge in [0.15, 0.2) is 0 Å². The van der Waals surface area contributed by atoms with Gasteiger partial charge < -0.3 is 4.90 Å². The molecule has 0 spiro atoms. The lowest BCUT2D eigenvalue weighted by molar-refractivity contribution is 0.0773. The van der Waals surface area contributed by atoms with Crippen molar-refractivity contribution in [2.75, 3.05) is 19.0 Å². The number of alkyl halides is 1. The Morgan fingerprint density at radius 3 is 2.80 bits per heavy atom. The fraction of sp³-hybridized carbons (Fsp3) is 0.364. The van der Waals surface area contributed by atoms with E-state index in [0.717, 1.165) is 0 Å². The Morgan fingerprint density at radius 2 is 2.27 bits per heavy atom. The van der Waals surface area contributed by atoms with Gasteiger partial charge in [0.1, 0.15) is 5.82 Å².